The van der Waals surface area contributed by atoms with E-state index in [1.54, 1.807) is 64.2 Å². The van der Waals surface area contributed by atoms with Crippen molar-refractivity contribution in [1.82, 2.24) is 4.98 Å². The van der Waals surface area contributed by atoms with Gasteiger partial charge in [-0.3, -0.25) is 0 Å². The summed E-state index contributed by atoms with van der Waals surface area (Å²) in [5.74, 6) is 0. The topological polar surface area (TPSA) is 96.7 Å². The lowest BCUT2D eigenvalue weighted by Crippen LogP contribution is -2.53. The highest BCUT2D eigenvalue weighted by molar-refractivity contribution is 7.90. The molecule has 9 heteroatoms. The molecule has 0 spiro atoms. The van der Waals surface area contributed by atoms with E-state index >= 15 is 0 Å². The first-order valence-electron chi connectivity index (χ1n) is 10.4. The summed E-state index contributed by atoms with van der Waals surface area (Å²) >= 11 is 1.48. The Bertz CT molecular complexity index is 1230. The summed E-state index contributed by atoms with van der Waals surface area (Å²) in [7, 11) is -4.52. The third-order valence-electron chi connectivity index (χ3n) is 5.64. The van der Waals surface area contributed by atoms with Gasteiger partial charge in [0, 0.05) is 23.4 Å². The van der Waals surface area contributed by atoms with E-state index in [2.05, 4.69) is 4.98 Å². The van der Waals surface area contributed by atoms with Crippen LogP contribution in [0.25, 0.3) is 11.6 Å². The zero-order chi connectivity index (χ0) is 24.4. The molecule has 2 N–H and O–H groups in total. The minimum absolute atomic E-state index is 0.251. The summed E-state index contributed by atoms with van der Waals surface area (Å²) in [6.45, 7) is 6.71. The molecule has 1 heterocycles. The van der Waals surface area contributed by atoms with Gasteiger partial charge in [-0.1, -0.05) is 36.4 Å². The van der Waals surface area contributed by atoms with Gasteiger partial charge in [0.1, 0.15) is 5.01 Å². The Balaban J connectivity index is 1.98. The van der Waals surface area contributed by atoms with E-state index < -0.39 is 28.2 Å². The average Bonchev–Trinajstić information content (AvgIpc) is 3.25. The van der Waals surface area contributed by atoms with Crippen molar-refractivity contribution in [3.05, 3.63) is 76.2 Å². The Morgan fingerprint density at radius 3 is 2.33 bits per heavy atom. The van der Waals surface area contributed by atoms with Crippen molar-refractivity contribution in [3.63, 3.8) is 0 Å². The van der Waals surface area contributed by atoms with E-state index in [1.165, 1.54) is 17.6 Å². The molecular formula is C24H28BNO5S2. The predicted molar refractivity (Wildman–Crippen MR) is 134 cm³/mol. The van der Waals surface area contributed by atoms with Crippen molar-refractivity contribution in [3.8, 4) is 0 Å². The number of nitrogens with zero attached hydrogens (tertiary/aromatic N) is 1. The van der Waals surface area contributed by atoms with Crippen LogP contribution < -0.4 is 5.46 Å². The van der Waals surface area contributed by atoms with Crippen LogP contribution in [0.3, 0.4) is 0 Å². The van der Waals surface area contributed by atoms with Crippen molar-refractivity contribution < 1.29 is 23.2 Å². The summed E-state index contributed by atoms with van der Waals surface area (Å²) in [5.41, 5.74) is 0.880. The first-order valence-corrected chi connectivity index (χ1v) is 13.2. The Labute approximate surface area is 199 Å². The lowest BCUT2D eigenvalue weighted by molar-refractivity contribution is -0.0982. The maximum atomic E-state index is 11.8. The molecule has 0 bridgehead atoms. The molecule has 6 nitrogen and oxygen atoms in total. The largest absolute Gasteiger partial charge is 0.491 e. The van der Waals surface area contributed by atoms with Crippen LogP contribution >= 0.6 is 11.3 Å². The second kappa shape index (κ2) is 9.52. The van der Waals surface area contributed by atoms with Crippen LogP contribution in [0.15, 0.2) is 65.0 Å². The molecule has 3 rings (SSSR count). The first-order chi connectivity index (χ1) is 15.3. The highest BCUT2D eigenvalue weighted by Crippen LogP contribution is 2.29. The van der Waals surface area contributed by atoms with Crippen LogP contribution in [0.2, 0.25) is 0 Å². The standard InChI is InChI=1S/C24H28BNO5S2/c1-23(2,27)24(3,4)31-25(28)19-8-6-7-17(15-19)16-21(22-26-13-14-32-22)18-9-11-20(12-10-18)33(5,29)30/h6-16,27-28H,1-5H3/b21-16-. The molecule has 0 saturated heterocycles. The van der Waals surface area contributed by atoms with E-state index in [0.717, 1.165) is 21.7 Å². The molecular weight excluding hydrogens is 457 g/mol. The van der Waals surface area contributed by atoms with Gasteiger partial charge in [0.05, 0.1) is 16.1 Å². The molecule has 0 aliphatic heterocycles. The van der Waals surface area contributed by atoms with Crippen molar-refractivity contribution in [2.45, 2.75) is 43.8 Å². The van der Waals surface area contributed by atoms with Crippen LogP contribution in [0.1, 0.15) is 43.8 Å². The molecule has 0 radical (unpaired) electrons. The van der Waals surface area contributed by atoms with E-state index in [1.807, 2.05) is 29.7 Å². The first kappa shape index (κ1) is 25.3. The van der Waals surface area contributed by atoms with Gasteiger partial charge in [0.2, 0.25) is 0 Å². The Morgan fingerprint density at radius 1 is 1.12 bits per heavy atom. The van der Waals surface area contributed by atoms with Gasteiger partial charge in [-0.25, -0.2) is 13.4 Å². The zero-order valence-corrected chi connectivity index (χ0v) is 20.9. The van der Waals surface area contributed by atoms with Crippen LogP contribution in [0.4, 0.5) is 0 Å². The molecule has 0 fully saturated rings. The van der Waals surface area contributed by atoms with Crippen molar-refractivity contribution in [1.29, 1.82) is 0 Å². The Hall–Kier alpha value is -2.30. The SMILES string of the molecule is CC(C)(O)C(C)(C)OB(O)c1cccc(/C=C(/c2ccc(S(C)(=O)=O)cc2)c2nccs2)c1. The molecule has 0 aliphatic carbocycles. The monoisotopic (exact) mass is 485 g/mol. The van der Waals surface area contributed by atoms with Gasteiger partial charge in [-0.15, -0.1) is 11.3 Å². The molecule has 0 aliphatic rings. The van der Waals surface area contributed by atoms with Crippen molar-refractivity contribution in [2.75, 3.05) is 6.26 Å². The van der Waals surface area contributed by atoms with Gasteiger partial charge < -0.3 is 14.8 Å². The molecule has 0 amide bonds. The minimum Gasteiger partial charge on any atom is -0.423 e. The van der Waals surface area contributed by atoms with E-state index in [-0.39, 0.29) is 4.90 Å². The number of aromatic nitrogens is 1. The number of hydrogen-bond donors (Lipinski definition) is 2. The molecule has 3 aromatic rings. The fourth-order valence-corrected chi connectivity index (χ4v) is 4.27. The molecule has 33 heavy (non-hydrogen) atoms. The van der Waals surface area contributed by atoms with Crippen LogP contribution in [0, 0.1) is 0 Å². The molecule has 0 saturated carbocycles. The summed E-state index contributed by atoms with van der Waals surface area (Å²) in [4.78, 5) is 4.67. The van der Waals surface area contributed by atoms with Crippen molar-refractivity contribution in [2.24, 2.45) is 0 Å². The Morgan fingerprint density at radius 2 is 1.79 bits per heavy atom. The van der Waals surface area contributed by atoms with Gasteiger partial charge >= 0.3 is 7.12 Å². The maximum absolute atomic E-state index is 11.8. The van der Waals surface area contributed by atoms with E-state index in [9.17, 15) is 18.5 Å². The number of hydrogen-bond acceptors (Lipinski definition) is 7. The summed E-state index contributed by atoms with van der Waals surface area (Å²) < 4.78 is 29.4. The second-order valence-corrected chi connectivity index (χ2v) is 11.8. The number of rotatable bonds is 8. The second-order valence-electron chi connectivity index (χ2n) is 8.90. The molecule has 0 atom stereocenters. The average molecular weight is 485 g/mol. The van der Waals surface area contributed by atoms with Gasteiger partial charge in [0.25, 0.3) is 0 Å². The van der Waals surface area contributed by atoms with Crippen molar-refractivity contribution >= 4 is 45.4 Å². The normalized spacial score (nSPS) is 13.2. The summed E-state index contributed by atoms with van der Waals surface area (Å²) in [6, 6.07) is 14.0. The van der Waals surface area contributed by atoms with Crippen LogP contribution in [-0.4, -0.2) is 48.1 Å². The van der Waals surface area contributed by atoms with E-state index in [0.29, 0.717) is 5.46 Å². The quantitative estimate of drug-likeness (QED) is 0.375. The molecule has 1 aromatic heterocycles. The van der Waals surface area contributed by atoms with Gasteiger partial charge in [-0.05, 0) is 62.5 Å². The number of benzene rings is 2. The fourth-order valence-electron chi connectivity index (χ4n) is 2.97. The summed E-state index contributed by atoms with van der Waals surface area (Å²) in [6.07, 6.45) is 4.83. The lowest BCUT2D eigenvalue weighted by Gasteiger charge is -2.38. The number of thiazole rings is 1. The minimum atomic E-state index is -3.29. The van der Waals surface area contributed by atoms with Gasteiger partial charge in [-0.2, -0.15) is 0 Å². The number of sulfone groups is 1. The predicted octanol–water partition coefficient (Wildman–Crippen LogP) is 3.39. The smallest absolute Gasteiger partial charge is 0.423 e. The number of aliphatic hydroxyl groups is 1. The maximum Gasteiger partial charge on any atom is 0.491 e. The molecule has 174 valence electrons. The third kappa shape index (κ3) is 6.19. The Kier molecular flexibility index (Phi) is 7.31. The third-order valence-corrected chi connectivity index (χ3v) is 7.58. The van der Waals surface area contributed by atoms with Gasteiger partial charge in [0.15, 0.2) is 9.84 Å². The lowest BCUT2D eigenvalue weighted by atomic mass is 9.76. The summed E-state index contributed by atoms with van der Waals surface area (Å²) in [5, 5.41) is 23.7. The highest BCUT2D eigenvalue weighted by atomic mass is 32.2. The van der Waals surface area contributed by atoms with E-state index in [4.69, 9.17) is 4.65 Å². The van der Waals surface area contributed by atoms with Crippen LogP contribution in [0.5, 0.6) is 0 Å². The zero-order valence-electron chi connectivity index (χ0n) is 19.3. The van der Waals surface area contributed by atoms with Crippen LogP contribution in [-0.2, 0) is 14.5 Å². The fraction of sp³-hybridized carbons (Fsp3) is 0.292. The molecule has 0 unspecified atom stereocenters. The molecule has 2 aromatic carbocycles. The highest BCUT2D eigenvalue weighted by Gasteiger charge is 2.39.